The predicted octanol–water partition coefficient (Wildman–Crippen LogP) is 7.59. The van der Waals surface area contributed by atoms with Gasteiger partial charge in [0, 0.05) is 6.20 Å². The van der Waals surface area contributed by atoms with Gasteiger partial charge in [0.05, 0.1) is 29.8 Å². The third-order valence-corrected chi connectivity index (χ3v) is 7.47. The van der Waals surface area contributed by atoms with Crippen LogP contribution in [0.3, 0.4) is 0 Å². The van der Waals surface area contributed by atoms with Gasteiger partial charge in [-0.05, 0) is 97.5 Å². The van der Waals surface area contributed by atoms with Gasteiger partial charge in [0.25, 0.3) is 0 Å². The maximum atomic E-state index is 12.8. The van der Waals surface area contributed by atoms with Crippen molar-refractivity contribution in [1.29, 1.82) is 5.26 Å². The van der Waals surface area contributed by atoms with Gasteiger partial charge in [-0.3, -0.25) is 9.79 Å². The molecule has 2 atom stereocenters. The van der Waals surface area contributed by atoms with E-state index < -0.39 is 0 Å². The molecule has 206 valence electrons. The molecule has 1 N–H and O–H groups in total. The normalized spacial score (nSPS) is 15.9. The van der Waals surface area contributed by atoms with Gasteiger partial charge < -0.3 is 10.1 Å². The van der Waals surface area contributed by atoms with Crippen molar-refractivity contribution in [3.05, 3.63) is 106 Å². The zero-order valence-electron chi connectivity index (χ0n) is 24.2. The van der Waals surface area contributed by atoms with Gasteiger partial charge in [0.15, 0.2) is 0 Å². The Hall–Kier alpha value is -4.17. The fraction of sp³-hybridized carbons (Fsp3) is 0.343. The van der Waals surface area contributed by atoms with E-state index in [1.807, 2.05) is 68.6 Å². The van der Waals surface area contributed by atoms with Crippen LogP contribution in [0.4, 0.5) is 0 Å². The van der Waals surface area contributed by atoms with Crippen LogP contribution in [0.25, 0.3) is 5.57 Å². The number of ether oxygens (including phenoxy) is 1. The van der Waals surface area contributed by atoms with E-state index in [0.717, 1.165) is 41.7 Å². The van der Waals surface area contributed by atoms with Crippen LogP contribution in [0.15, 0.2) is 77.9 Å². The molecule has 1 amide bonds. The first-order chi connectivity index (χ1) is 19.3. The molecule has 0 fully saturated rings. The van der Waals surface area contributed by atoms with E-state index in [-0.39, 0.29) is 24.0 Å². The Morgan fingerprint density at radius 3 is 2.60 bits per heavy atom. The molecule has 3 aromatic rings. The number of carbonyl (C=O) groups is 1. The first kappa shape index (κ1) is 28.8. The monoisotopic (exact) mass is 533 g/mol. The SMILES string of the molecule is CCC(C)C(=N/C=C(\C)c1cccc2c1CCC2NC(=O)Cc1ccccc1)c1ccc(OC(C)C)c(C#N)c1. The van der Waals surface area contributed by atoms with Gasteiger partial charge in [0.1, 0.15) is 11.8 Å². The lowest BCUT2D eigenvalue weighted by Crippen LogP contribution is -2.28. The van der Waals surface area contributed by atoms with Gasteiger partial charge >= 0.3 is 0 Å². The molecule has 5 heteroatoms. The topological polar surface area (TPSA) is 74.5 Å². The molecule has 5 nitrogen and oxygen atoms in total. The molecule has 0 spiro atoms. The predicted molar refractivity (Wildman–Crippen MR) is 162 cm³/mol. The summed E-state index contributed by atoms with van der Waals surface area (Å²) < 4.78 is 5.82. The second kappa shape index (κ2) is 13.3. The molecule has 1 aliphatic rings. The highest BCUT2D eigenvalue weighted by atomic mass is 16.5. The van der Waals surface area contributed by atoms with Crippen molar-refractivity contribution in [2.24, 2.45) is 10.9 Å². The summed E-state index contributed by atoms with van der Waals surface area (Å²) in [7, 11) is 0. The van der Waals surface area contributed by atoms with E-state index in [0.29, 0.717) is 17.7 Å². The van der Waals surface area contributed by atoms with Crippen molar-refractivity contribution in [3.8, 4) is 11.8 Å². The van der Waals surface area contributed by atoms with Crippen molar-refractivity contribution in [2.75, 3.05) is 0 Å². The van der Waals surface area contributed by atoms with Crippen molar-refractivity contribution >= 4 is 17.2 Å². The Bertz CT molecular complexity index is 1450. The lowest BCUT2D eigenvalue weighted by Gasteiger charge is -2.16. The van der Waals surface area contributed by atoms with Crippen LogP contribution in [-0.4, -0.2) is 17.7 Å². The molecule has 3 aromatic carbocycles. The average Bonchev–Trinajstić information content (AvgIpc) is 3.36. The van der Waals surface area contributed by atoms with Gasteiger partial charge in [-0.25, -0.2) is 0 Å². The Labute approximate surface area is 238 Å². The van der Waals surface area contributed by atoms with Crippen LogP contribution in [0.5, 0.6) is 5.75 Å². The number of nitriles is 1. The first-order valence-corrected chi connectivity index (χ1v) is 14.2. The molecular formula is C35H39N3O2. The van der Waals surface area contributed by atoms with E-state index in [1.54, 1.807) is 0 Å². The third kappa shape index (κ3) is 6.87. The van der Waals surface area contributed by atoms with E-state index in [1.165, 1.54) is 16.7 Å². The van der Waals surface area contributed by atoms with Crippen LogP contribution in [0.1, 0.15) is 86.9 Å². The zero-order valence-corrected chi connectivity index (χ0v) is 24.2. The van der Waals surface area contributed by atoms with Crippen molar-refractivity contribution < 1.29 is 9.53 Å². The van der Waals surface area contributed by atoms with Crippen LogP contribution in [0, 0.1) is 17.2 Å². The highest BCUT2D eigenvalue weighted by molar-refractivity contribution is 6.03. The highest BCUT2D eigenvalue weighted by Gasteiger charge is 2.26. The molecular weight excluding hydrogens is 494 g/mol. The maximum Gasteiger partial charge on any atom is 0.224 e. The minimum absolute atomic E-state index is 0.00406. The molecule has 2 unspecified atom stereocenters. The van der Waals surface area contributed by atoms with Crippen molar-refractivity contribution in [2.45, 2.75) is 72.4 Å². The number of amides is 1. The molecule has 40 heavy (non-hydrogen) atoms. The summed E-state index contributed by atoms with van der Waals surface area (Å²) in [6.07, 6.45) is 5.07. The largest absolute Gasteiger partial charge is 0.490 e. The molecule has 0 saturated carbocycles. The summed E-state index contributed by atoms with van der Waals surface area (Å²) in [6, 6.07) is 24.2. The number of carbonyl (C=O) groups excluding carboxylic acids is 1. The molecule has 1 aliphatic carbocycles. The highest BCUT2D eigenvalue weighted by Crippen LogP contribution is 2.36. The van der Waals surface area contributed by atoms with Crippen LogP contribution < -0.4 is 10.1 Å². The number of allylic oxidation sites excluding steroid dienone is 1. The summed E-state index contributed by atoms with van der Waals surface area (Å²) in [5.41, 5.74) is 8.14. The Kier molecular flexibility index (Phi) is 9.56. The van der Waals surface area contributed by atoms with Crippen molar-refractivity contribution in [3.63, 3.8) is 0 Å². The van der Waals surface area contributed by atoms with Gasteiger partial charge in [0.2, 0.25) is 5.91 Å². The Morgan fingerprint density at radius 2 is 1.90 bits per heavy atom. The number of hydrogen-bond acceptors (Lipinski definition) is 4. The summed E-state index contributed by atoms with van der Waals surface area (Å²) in [4.78, 5) is 17.7. The van der Waals surface area contributed by atoms with E-state index in [9.17, 15) is 10.1 Å². The number of hydrogen-bond donors (Lipinski definition) is 1. The molecule has 0 heterocycles. The molecule has 0 radical (unpaired) electrons. The van der Waals surface area contributed by atoms with E-state index >= 15 is 0 Å². The maximum absolute atomic E-state index is 12.8. The lowest BCUT2D eigenvalue weighted by atomic mass is 9.94. The fourth-order valence-corrected chi connectivity index (χ4v) is 5.25. The van der Waals surface area contributed by atoms with E-state index in [4.69, 9.17) is 9.73 Å². The number of benzene rings is 3. The first-order valence-electron chi connectivity index (χ1n) is 14.2. The van der Waals surface area contributed by atoms with Gasteiger partial charge in [-0.1, -0.05) is 62.4 Å². The average molecular weight is 534 g/mol. The summed E-state index contributed by atoms with van der Waals surface area (Å²) in [5.74, 6) is 0.867. The standard InChI is InChI=1S/C35H39N3O2/c1-6-24(4)35(27-15-18-33(40-23(2)3)28(20-27)21-36)37-22-25(5)29-13-10-14-31-30(29)16-17-32(31)38-34(39)19-26-11-8-7-9-12-26/h7-15,18,20,22-24,32H,6,16-17,19H2,1-5H3,(H,38,39)/b25-22+,37-35?. The smallest absolute Gasteiger partial charge is 0.224 e. The number of rotatable bonds is 10. The number of aliphatic imine (C=N–C) groups is 1. The molecule has 4 rings (SSSR count). The van der Waals surface area contributed by atoms with Crippen LogP contribution in [-0.2, 0) is 17.6 Å². The fourth-order valence-electron chi connectivity index (χ4n) is 5.25. The second-order valence-electron chi connectivity index (χ2n) is 10.8. The number of nitrogens with one attached hydrogen (secondary N) is 1. The van der Waals surface area contributed by atoms with Crippen molar-refractivity contribution in [1.82, 2.24) is 5.32 Å². The molecule has 0 saturated heterocycles. The molecule has 0 aliphatic heterocycles. The number of nitrogens with zero attached hydrogens (tertiary/aromatic N) is 2. The van der Waals surface area contributed by atoms with Crippen LogP contribution in [0.2, 0.25) is 0 Å². The summed E-state index contributed by atoms with van der Waals surface area (Å²) in [5, 5.41) is 13.0. The summed E-state index contributed by atoms with van der Waals surface area (Å²) in [6.45, 7) is 10.3. The molecule has 0 aromatic heterocycles. The summed E-state index contributed by atoms with van der Waals surface area (Å²) >= 11 is 0. The third-order valence-electron chi connectivity index (χ3n) is 7.47. The Balaban J connectivity index is 1.58. The second-order valence-corrected chi connectivity index (χ2v) is 10.8. The van der Waals surface area contributed by atoms with E-state index in [2.05, 4.69) is 50.4 Å². The lowest BCUT2D eigenvalue weighted by molar-refractivity contribution is -0.121. The van der Waals surface area contributed by atoms with Gasteiger partial charge in [-0.2, -0.15) is 5.26 Å². The molecule has 0 bridgehead atoms. The quantitative estimate of drug-likeness (QED) is 0.273. The Morgan fingerprint density at radius 1 is 1.12 bits per heavy atom. The van der Waals surface area contributed by atoms with Crippen LogP contribution >= 0.6 is 0 Å². The zero-order chi connectivity index (χ0) is 28.6. The minimum Gasteiger partial charge on any atom is -0.490 e. The van der Waals surface area contributed by atoms with Gasteiger partial charge in [-0.15, -0.1) is 0 Å². The number of fused-ring (bicyclic) bond motifs is 1. The minimum atomic E-state index is -0.00406.